The molecule has 2 amide bonds. The van der Waals surface area contributed by atoms with Gasteiger partial charge in [0.05, 0.1) is 37.3 Å². The SMILES string of the molecule is COCCN1C(=O)C(SCCO)=C(c2ccc(OC)cc2)C1=O. The first-order valence-electron chi connectivity index (χ1n) is 7.11. The van der Waals surface area contributed by atoms with E-state index in [9.17, 15) is 9.59 Å². The van der Waals surface area contributed by atoms with E-state index in [0.717, 1.165) is 0 Å². The second kappa shape index (κ2) is 8.14. The van der Waals surface area contributed by atoms with E-state index in [-0.39, 0.29) is 31.6 Å². The lowest BCUT2D eigenvalue weighted by Crippen LogP contribution is -2.34. The highest BCUT2D eigenvalue weighted by Crippen LogP contribution is 2.36. The second-order valence-electron chi connectivity index (χ2n) is 4.76. The van der Waals surface area contributed by atoms with Gasteiger partial charge in [-0.1, -0.05) is 12.1 Å². The molecule has 0 saturated carbocycles. The number of carbonyl (C=O) groups excluding carboxylic acids is 2. The number of nitrogens with zero attached hydrogens (tertiary/aromatic N) is 1. The fourth-order valence-electron chi connectivity index (χ4n) is 2.23. The van der Waals surface area contributed by atoms with E-state index in [1.807, 2.05) is 0 Å². The zero-order valence-electron chi connectivity index (χ0n) is 13.1. The number of hydrogen-bond acceptors (Lipinski definition) is 6. The molecule has 0 bridgehead atoms. The van der Waals surface area contributed by atoms with Gasteiger partial charge in [-0.2, -0.15) is 0 Å². The smallest absolute Gasteiger partial charge is 0.268 e. The largest absolute Gasteiger partial charge is 0.497 e. The van der Waals surface area contributed by atoms with Crippen LogP contribution in [0.2, 0.25) is 0 Å². The first kappa shape index (κ1) is 17.5. The van der Waals surface area contributed by atoms with Gasteiger partial charge in [0.1, 0.15) is 5.75 Å². The molecule has 7 heteroatoms. The van der Waals surface area contributed by atoms with Gasteiger partial charge in [0.2, 0.25) is 0 Å². The molecule has 0 spiro atoms. The van der Waals surface area contributed by atoms with E-state index < -0.39 is 0 Å². The second-order valence-corrected chi connectivity index (χ2v) is 5.86. The molecule has 2 rings (SSSR count). The Balaban J connectivity index is 2.37. The minimum atomic E-state index is -0.337. The van der Waals surface area contributed by atoms with Gasteiger partial charge in [-0.3, -0.25) is 14.5 Å². The van der Waals surface area contributed by atoms with Crippen molar-refractivity contribution in [2.45, 2.75) is 0 Å². The number of amides is 2. The van der Waals surface area contributed by atoms with Gasteiger partial charge < -0.3 is 14.6 Å². The van der Waals surface area contributed by atoms with Crippen LogP contribution in [0.1, 0.15) is 5.56 Å². The highest BCUT2D eigenvalue weighted by molar-refractivity contribution is 8.04. The number of methoxy groups -OCH3 is 2. The number of thioether (sulfide) groups is 1. The molecule has 124 valence electrons. The number of hydrogen-bond donors (Lipinski definition) is 1. The molecule has 6 nitrogen and oxygen atoms in total. The molecule has 1 aromatic carbocycles. The molecule has 1 aliphatic rings. The molecule has 0 aromatic heterocycles. The van der Waals surface area contributed by atoms with Crippen molar-refractivity contribution in [1.82, 2.24) is 4.90 Å². The topological polar surface area (TPSA) is 76.1 Å². The van der Waals surface area contributed by atoms with Gasteiger partial charge in [-0.15, -0.1) is 11.8 Å². The van der Waals surface area contributed by atoms with Crippen LogP contribution in [0.5, 0.6) is 5.75 Å². The van der Waals surface area contributed by atoms with E-state index >= 15 is 0 Å². The van der Waals surface area contributed by atoms with Crippen LogP contribution in [0.3, 0.4) is 0 Å². The first-order chi connectivity index (χ1) is 11.1. The summed E-state index contributed by atoms with van der Waals surface area (Å²) in [6.07, 6.45) is 0. The molecule has 1 aromatic rings. The molecule has 1 aliphatic heterocycles. The van der Waals surface area contributed by atoms with E-state index in [0.29, 0.717) is 27.5 Å². The summed E-state index contributed by atoms with van der Waals surface area (Å²) in [4.78, 5) is 26.7. The number of aliphatic hydroxyl groups is 1. The first-order valence-corrected chi connectivity index (χ1v) is 8.10. The monoisotopic (exact) mass is 337 g/mol. The number of rotatable bonds is 8. The van der Waals surface area contributed by atoms with Gasteiger partial charge >= 0.3 is 0 Å². The molecule has 0 aliphatic carbocycles. The predicted molar refractivity (Wildman–Crippen MR) is 88.1 cm³/mol. The van der Waals surface area contributed by atoms with Crippen molar-refractivity contribution in [3.8, 4) is 5.75 Å². The third-order valence-corrected chi connectivity index (χ3v) is 4.41. The Bertz CT molecular complexity index is 611. The summed E-state index contributed by atoms with van der Waals surface area (Å²) < 4.78 is 10.1. The lowest BCUT2D eigenvalue weighted by molar-refractivity contribution is -0.137. The normalized spacial score (nSPS) is 14.8. The Morgan fingerprint density at radius 3 is 2.39 bits per heavy atom. The maximum Gasteiger partial charge on any atom is 0.268 e. The fraction of sp³-hybridized carbons (Fsp3) is 0.375. The van der Waals surface area contributed by atoms with Crippen molar-refractivity contribution in [2.24, 2.45) is 0 Å². The van der Waals surface area contributed by atoms with Crippen molar-refractivity contribution in [2.75, 3.05) is 39.7 Å². The number of imide groups is 1. The van der Waals surface area contributed by atoms with E-state index in [4.69, 9.17) is 14.6 Å². The Morgan fingerprint density at radius 2 is 1.83 bits per heavy atom. The van der Waals surface area contributed by atoms with Crippen molar-refractivity contribution in [3.63, 3.8) is 0 Å². The highest BCUT2D eigenvalue weighted by atomic mass is 32.2. The summed E-state index contributed by atoms with van der Waals surface area (Å²) in [6, 6.07) is 6.98. The molecule has 23 heavy (non-hydrogen) atoms. The predicted octanol–water partition coefficient (Wildman–Crippen LogP) is 1.15. The number of benzene rings is 1. The van der Waals surface area contributed by atoms with Crippen LogP contribution >= 0.6 is 11.8 Å². The maximum absolute atomic E-state index is 12.6. The molecule has 0 unspecified atom stereocenters. The number of ether oxygens (including phenoxy) is 2. The average molecular weight is 337 g/mol. The van der Waals surface area contributed by atoms with Gasteiger partial charge in [0.25, 0.3) is 11.8 Å². The molecular weight excluding hydrogens is 318 g/mol. The Morgan fingerprint density at radius 1 is 1.13 bits per heavy atom. The van der Waals surface area contributed by atoms with Crippen molar-refractivity contribution < 1.29 is 24.2 Å². The van der Waals surface area contributed by atoms with Gasteiger partial charge in [0.15, 0.2) is 0 Å². The van der Waals surface area contributed by atoms with Crippen LogP contribution in [0.25, 0.3) is 5.57 Å². The van der Waals surface area contributed by atoms with Crippen LogP contribution in [-0.4, -0.2) is 61.6 Å². The Hall–Kier alpha value is -1.83. The summed E-state index contributed by atoms with van der Waals surface area (Å²) >= 11 is 1.19. The minimum Gasteiger partial charge on any atom is -0.497 e. The quantitative estimate of drug-likeness (QED) is 0.717. The van der Waals surface area contributed by atoms with Gasteiger partial charge in [0, 0.05) is 12.9 Å². The third-order valence-electron chi connectivity index (χ3n) is 3.36. The standard InChI is InChI=1S/C16H19NO5S/c1-21-9-7-17-15(19)13(14(16(17)20)23-10-8-18)11-3-5-12(22-2)6-4-11/h3-6,18H,7-10H2,1-2H3. The summed E-state index contributed by atoms with van der Waals surface area (Å²) in [5.74, 6) is 0.354. The Labute approximate surface area is 139 Å². The minimum absolute atomic E-state index is 0.0659. The molecule has 1 N–H and O–H groups in total. The average Bonchev–Trinajstić information content (AvgIpc) is 2.81. The summed E-state index contributed by atoms with van der Waals surface area (Å²) in [5, 5.41) is 9.02. The third kappa shape index (κ3) is 3.74. The summed E-state index contributed by atoms with van der Waals surface area (Å²) in [7, 11) is 3.08. The molecule has 0 fully saturated rings. The maximum atomic E-state index is 12.6. The fourth-order valence-corrected chi connectivity index (χ4v) is 3.11. The van der Waals surface area contributed by atoms with E-state index in [2.05, 4.69) is 0 Å². The van der Waals surface area contributed by atoms with Crippen molar-refractivity contribution in [3.05, 3.63) is 34.7 Å². The molecule has 0 radical (unpaired) electrons. The van der Waals surface area contributed by atoms with Crippen LogP contribution in [-0.2, 0) is 14.3 Å². The van der Waals surface area contributed by atoms with Crippen LogP contribution in [0.15, 0.2) is 29.2 Å². The molecular formula is C16H19NO5S. The van der Waals surface area contributed by atoms with Crippen LogP contribution in [0, 0.1) is 0 Å². The van der Waals surface area contributed by atoms with Gasteiger partial charge in [-0.25, -0.2) is 0 Å². The van der Waals surface area contributed by atoms with E-state index in [1.165, 1.54) is 23.8 Å². The number of aliphatic hydroxyl groups excluding tert-OH is 1. The lowest BCUT2D eigenvalue weighted by atomic mass is 10.1. The zero-order valence-corrected chi connectivity index (χ0v) is 13.9. The molecule has 1 heterocycles. The molecule has 0 saturated heterocycles. The van der Waals surface area contributed by atoms with Crippen LogP contribution in [0.4, 0.5) is 0 Å². The number of carbonyl (C=O) groups is 2. The molecule has 0 atom stereocenters. The van der Waals surface area contributed by atoms with Crippen molar-refractivity contribution in [1.29, 1.82) is 0 Å². The summed E-state index contributed by atoms with van der Waals surface area (Å²) in [5.41, 5.74) is 1.02. The lowest BCUT2D eigenvalue weighted by Gasteiger charge is -2.14. The zero-order chi connectivity index (χ0) is 16.8. The van der Waals surface area contributed by atoms with Crippen LogP contribution < -0.4 is 4.74 Å². The Kier molecular flexibility index (Phi) is 6.20. The van der Waals surface area contributed by atoms with E-state index in [1.54, 1.807) is 31.4 Å². The highest BCUT2D eigenvalue weighted by Gasteiger charge is 2.38. The summed E-state index contributed by atoms with van der Waals surface area (Å²) in [6.45, 7) is 0.423. The van der Waals surface area contributed by atoms with Crippen molar-refractivity contribution >= 4 is 29.1 Å². The van der Waals surface area contributed by atoms with Gasteiger partial charge in [-0.05, 0) is 17.7 Å².